The number of halogens is 3. The van der Waals surface area contributed by atoms with Crippen LogP contribution in [-0.2, 0) is 9.53 Å². The van der Waals surface area contributed by atoms with E-state index in [1.54, 1.807) is 0 Å². The summed E-state index contributed by atoms with van der Waals surface area (Å²) in [4.78, 5) is 23.7. The molecule has 1 saturated carbocycles. The van der Waals surface area contributed by atoms with Gasteiger partial charge in [0, 0.05) is 4.47 Å². The van der Waals surface area contributed by atoms with Crippen molar-refractivity contribution in [2.75, 3.05) is 12.4 Å². The molecular formula is C15H17BrF2N2O3. The van der Waals surface area contributed by atoms with Crippen molar-refractivity contribution in [2.45, 2.75) is 37.6 Å². The van der Waals surface area contributed by atoms with Crippen molar-refractivity contribution in [1.29, 1.82) is 0 Å². The summed E-state index contributed by atoms with van der Waals surface area (Å²) in [6.45, 7) is 0. The molecule has 1 aromatic rings. The Balaban J connectivity index is 2.10. The number of urea groups is 1. The second kappa shape index (κ2) is 7.25. The summed E-state index contributed by atoms with van der Waals surface area (Å²) in [6, 6.07) is 1.35. The fraction of sp³-hybridized carbons (Fsp3) is 0.467. The number of methoxy groups -OCH3 is 1. The molecule has 0 spiro atoms. The van der Waals surface area contributed by atoms with Gasteiger partial charge in [0.25, 0.3) is 0 Å². The molecule has 2 N–H and O–H groups in total. The highest BCUT2D eigenvalue weighted by Gasteiger charge is 2.38. The van der Waals surface area contributed by atoms with Crippen LogP contribution >= 0.6 is 15.9 Å². The average molecular weight is 391 g/mol. The molecule has 0 bridgehead atoms. The predicted octanol–water partition coefficient (Wildman–Crippen LogP) is 3.72. The summed E-state index contributed by atoms with van der Waals surface area (Å²) in [5.74, 6) is -2.21. The number of carbonyl (C=O) groups is 2. The standard InChI is InChI=1S/C15H17BrF2N2O3/c1-23-12(21)8-15(4-2-3-5-15)20-14(22)19-13-10(17)6-9(16)7-11(13)18/h6-7H,2-5,8H2,1H3,(H2,19,20,22). The van der Waals surface area contributed by atoms with Gasteiger partial charge in [0.15, 0.2) is 11.6 Å². The highest BCUT2D eigenvalue weighted by Crippen LogP contribution is 2.33. The number of benzene rings is 1. The van der Waals surface area contributed by atoms with Gasteiger partial charge in [0.05, 0.1) is 19.1 Å². The maximum absolute atomic E-state index is 13.8. The molecule has 1 aliphatic rings. The number of nitrogens with one attached hydrogen (secondary N) is 2. The quantitative estimate of drug-likeness (QED) is 0.769. The molecular weight excluding hydrogens is 374 g/mol. The third-order valence-electron chi connectivity index (χ3n) is 3.90. The Kier molecular flexibility index (Phi) is 5.56. The van der Waals surface area contributed by atoms with Crippen molar-refractivity contribution in [3.05, 3.63) is 28.2 Å². The van der Waals surface area contributed by atoms with Gasteiger partial charge in [-0.05, 0) is 25.0 Å². The summed E-state index contributed by atoms with van der Waals surface area (Å²) in [6.07, 6.45) is 2.97. The fourth-order valence-electron chi connectivity index (χ4n) is 2.79. The lowest BCUT2D eigenvalue weighted by Gasteiger charge is -2.29. The van der Waals surface area contributed by atoms with Crippen molar-refractivity contribution >= 4 is 33.6 Å². The van der Waals surface area contributed by atoms with Gasteiger partial charge < -0.3 is 15.4 Å². The van der Waals surface area contributed by atoms with E-state index >= 15 is 0 Å². The van der Waals surface area contributed by atoms with Gasteiger partial charge in [-0.3, -0.25) is 4.79 Å². The highest BCUT2D eigenvalue weighted by atomic mass is 79.9. The summed E-state index contributed by atoms with van der Waals surface area (Å²) < 4.78 is 32.4. The first-order valence-corrected chi connectivity index (χ1v) is 7.95. The van der Waals surface area contributed by atoms with Gasteiger partial charge in [-0.25, -0.2) is 13.6 Å². The first kappa shape index (κ1) is 17.7. The number of hydrogen-bond donors (Lipinski definition) is 2. The van der Waals surface area contributed by atoms with Crippen LogP contribution in [0.15, 0.2) is 16.6 Å². The van der Waals surface area contributed by atoms with Crippen LogP contribution in [0.2, 0.25) is 0 Å². The molecule has 0 aromatic heterocycles. The van der Waals surface area contributed by atoms with Gasteiger partial charge in [-0.1, -0.05) is 28.8 Å². The largest absolute Gasteiger partial charge is 0.469 e. The van der Waals surface area contributed by atoms with Crippen LogP contribution in [0, 0.1) is 11.6 Å². The van der Waals surface area contributed by atoms with Crippen LogP contribution < -0.4 is 10.6 Å². The lowest BCUT2D eigenvalue weighted by atomic mass is 9.93. The lowest BCUT2D eigenvalue weighted by Crippen LogP contribution is -2.49. The van der Waals surface area contributed by atoms with Crippen LogP contribution in [0.3, 0.4) is 0 Å². The Labute approximate surface area is 140 Å². The molecule has 0 atom stereocenters. The van der Waals surface area contributed by atoms with Crippen molar-refractivity contribution in [3.8, 4) is 0 Å². The summed E-state index contributed by atoms with van der Waals surface area (Å²) in [5.41, 5.74) is -1.27. The zero-order valence-corrected chi connectivity index (χ0v) is 14.1. The monoisotopic (exact) mass is 390 g/mol. The molecule has 5 nitrogen and oxygen atoms in total. The van der Waals surface area contributed by atoms with Crippen molar-refractivity contribution < 1.29 is 23.1 Å². The average Bonchev–Trinajstić information content (AvgIpc) is 2.90. The minimum Gasteiger partial charge on any atom is -0.469 e. The number of amides is 2. The Morgan fingerprint density at radius 2 is 1.83 bits per heavy atom. The molecule has 1 aromatic carbocycles. The summed E-state index contributed by atoms with van der Waals surface area (Å²) in [7, 11) is 1.28. The van der Waals surface area contributed by atoms with Gasteiger partial charge in [-0.15, -0.1) is 0 Å². The molecule has 2 amide bonds. The number of rotatable bonds is 4. The topological polar surface area (TPSA) is 67.4 Å². The first-order valence-electron chi connectivity index (χ1n) is 7.16. The number of carbonyl (C=O) groups excluding carboxylic acids is 2. The van der Waals surface area contributed by atoms with E-state index in [9.17, 15) is 18.4 Å². The van der Waals surface area contributed by atoms with Crippen LogP contribution in [0.4, 0.5) is 19.3 Å². The van der Waals surface area contributed by atoms with Crippen LogP contribution in [0.25, 0.3) is 0 Å². The van der Waals surface area contributed by atoms with Crippen LogP contribution in [0.5, 0.6) is 0 Å². The number of anilines is 1. The van der Waals surface area contributed by atoms with Gasteiger partial charge >= 0.3 is 12.0 Å². The fourth-order valence-corrected chi connectivity index (χ4v) is 3.20. The second-order valence-corrected chi connectivity index (χ2v) is 6.48. The molecule has 8 heteroatoms. The SMILES string of the molecule is COC(=O)CC1(NC(=O)Nc2c(F)cc(Br)cc2F)CCCC1. The zero-order valence-electron chi connectivity index (χ0n) is 12.5. The van der Waals surface area contributed by atoms with E-state index in [0.717, 1.165) is 25.0 Å². The van der Waals surface area contributed by atoms with E-state index < -0.39 is 34.9 Å². The molecule has 1 fully saturated rings. The minimum atomic E-state index is -0.888. The molecule has 0 unspecified atom stereocenters. The zero-order chi connectivity index (χ0) is 17.0. The van der Waals surface area contributed by atoms with Crippen molar-refractivity contribution in [1.82, 2.24) is 5.32 Å². The molecule has 0 radical (unpaired) electrons. The molecule has 0 heterocycles. The molecule has 23 heavy (non-hydrogen) atoms. The normalized spacial score (nSPS) is 16.0. The maximum Gasteiger partial charge on any atom is 0.319 e. The van der Waals surface area contributed by atoms with E-state index in [0.29, 0.717) is 12.8 Å². The second-order valence-electron chi connectivity index (χ2n) is 5.56. The van der Waals surface area contributed by atoms with E-state index in [-0.39, 0.29) is 10.9 Å². The van der Waals surface area contributed by atoms with E-state index in [4.69, 9.17) is 0 Å². The van der Waals surface area contributed by atoms with Gasteiger partial charge in [-0.2, -0.15) is 0 Å². The number of ether oxygens (including phenoxy) is 1. The lowest BCUT2D eigenvalue weighted by molar-refractivity contribution is -0.142. The molecule has 2 rings (SSSR count). The third-order valence-corrected chi connectivity index (χ3v) is 4.35. The minimum absolute atomic E-state index is 0.0300. The van der Waals surface area contributed by atoms with Gasteiger partial charge in [0.1, 0.15) is 5.69 Å². The molecule has 126 valence electrons. The number of esters is 1. The molecule has 1 aliphatic carbocycles. The van der Waals surface area contributed by atoms with E-state index in [1.807, 2.05) is 0 Å². The van der Waals surface area contributed by atoms with E-state index in [1.165, 1.54) is 7.11 Å². The molecule has 0 aliphatic heterocycles. The van der Waals surface area contributed by atoms with Crippen molar-refractivity contribution in [2.24, 2.45) is 0 Å². The Bertz CT molecular complexity index is 596. The molecule has 0 saturated heterocycles. The van der Waals surface area contributed by atoms with Crippen molar-refractivity contribution in [3.63, 3.8) is 0 Å². The first-order chi connectivity index (χ1) is 10.8. The Morgan fingerprint density at radius 3 is 2.35 bits per heavy atom. The maximum atomic E-state index is 13.8. The van der Waals surface area contributed by atoms with E-state index in [2.05, 4.69) is 31.3 Å². The van der Waals surface area contributed by atoms with Crippen LogP contribution in [-0.4, -0.2) is 24.6 Å². The highest BCUT2D eigenvalue weighted by molar-refractivity contribution is 9.10. The smallest absolute Gasteiger partial charge is 0.319 e. The Hall–Kier alpha value is -1.70. The third kappa shape index (κ3) is 4.40. The van der Waals surface area contributed by atoms with Crippen LogP contribution in [0.1, 0.15) is 32.1 Å². The Morgan fingerprint density at radius 1 is 1.26 bits per heavy atom. The predicted molar refractivity (Wildman–Crippen MR) is 84.0 cm³/mol. The summed E-state index contributed by atoms with van der Waals surface area (Å²) >= 11 is 2.97. The van der Waals surface area contributed by atoms with Gasteiger partial charge in [0.2, 0.25) is 0 Å². The summed E-state index contributed by atoms with van der Waals surface area (Å²) in [5, 5.41) is 4.85. The number of hydrogen-bond acceptors (Lipinski definition) is 3.